The largest absolute Gasteiger partial charge is 0.450 e. The Morgan fingerprint density at radius 2 is 2.00 bits per heavy atom. The van der Waals surface area contributed by atoms with Gasteiger partial charge in [0.15, 0.2) is 6.79 Å². The predicted octanol–water partition coefficient (Wildman–Crippen LogP) is 3.15. The van der Waals surface area contributed by atoms with E-state index in [2.05, 4.69) is 17.2 Å². The Morgan fingerprint density at radius 3 is 2.86 bits per heavy atom. The number of sulfonamides is 1. The molecule has 7 nitrogen and oxygen atoms in total. The third kappa shape index (κ3) is 5.66. The molecule has 2 aromatic rings. The Kier molecular flexibility index (Phi) is 8.23. The molecule has 1 fully saturated rings. The number of aromatic nitrogens is 1. The third-order valence-corrected chi connectivity index (χ3v) is 7.02. The molecule has 1 aliphatic rings. The van der Waals surface area contributed by atoms with Gasteiger partial charge in [-0.25, -0.2) is 13.4 Å². The van der Waals surface area contributed by atoms with Gasteiger partial charge in [-0.2, -0.15) is 4.31 Å². The smallest absolute Gasteiger partial charge is 0.243 e. The lowest BCUT2D eigenvalue weighted by Crippen LogP contribution is -2.34. The van der Waals surface area contributed by atoms with Crippen LogP contribution in [0.4, 0.5) is 0 Å². The van der Waals surface area contributed by atoms with Crippen LogP contribution < -0.4 is 10.1 Å². The zero-order chi connectivity index (χ0) is 20.5. The van der Waals surface area contributed by atoms with Gasteiger partial charge in [-0.05, 0) is 37.6 Å². The first-order valence-corrected chi connectivity index (χ1v) is 11.9. The molecule has 0 saturated carbocycles. The van der Waals surface area contributed by atoms with E-state index in [1.54, 1.807) is 28.7 Å². The first kappa shape index (κ1) is 22.0. The van der Waals surface area contributed by atoms with E-state index in [1.807, 2.05) is 6.07 Å². The normalized spacial score (nSPS) is 16.0. The maximum Gasteiger partial charge on any atom is 0.243 e. The van der Waals surface area contributed by atoms with Crippen LogP contribution in [-0.4, -0.2) is 57.3 Å². The highest BCUT2D eigenvalue weighted by Gasteiger charge is 2.27. The number of hydrogen-bond acceptors (Lipinski definition) is 6. The van der Waals surface area contributed by atoms with Crippen molar-refractivity contribution in [2.24, 2.45) is 0 Å². The van der Waals surface area contributed by atoms with Crippen LogP contribution in [-0.2, 0) is 14.8 Å². The summed E-state index contributed by atoms with van der Waals surface area (Å²) in [5, 5.41) is 4.54. The number of hydrogen-bond donors (Lipinski definition) is 1. The predicted molar refractivity (Wildman–Crippen MR) is 114 cm³/mol. The molecule has 0 spiro atoms. The van der Waals surface area contributed by atoms with E-state index < -0.39 is 10.0 Å². The molecule has 0 bridgehead atoms. The van der Waals surface area contributed by atoms with Crippen molar-refractivity contribution in [2.75, 3.05) is 39.6 Å². The van der Waals surface area contributed by atoms with E-state index >= 15 is 0 Å². The molecule has 0 atom stereocenters. The van der Waals surface area contributed by atoms with Crippen LogP contribution in [0.15, 0.2) is 35.4 Å². The van der Waals surface area contributed by atoms with Gasteiger partial charge in [0, 0.05) is 36.6 Å². The van der Waals surface area contributed by atoms with Crippen molar-refractivity contribution in [3.63, 3.8) is 0 Å². The molecule has 0 amide bonds. The molecule has 0 aliphatic carbocycles. The fourth-order valence-electron chi connectivity index (χ4n) is 3.48. The Hall–Kier alpha value is -1.74. The lowest BCUT2D eigenvalue weighted by atomic mass is 10.2. The van der Waals surface area contributed by atoms with Gasteiger partial charge in [-0.15, -0.1) is 0 Å². The van der Waals surface area contributed by atoms with Crippen molar-refractivity contribution in [1.29, 1.82) is 0 Å². The SMILES string of the molecule is CCCCCCOCOc1nccc2c(S(=O)(=O)N3CCCNCC3)cccc12. The molecule has 1 saturated heterocycles. The molecule has 0 radical (unpaired) electrons. The standard InChI is InChI=1S/C21H31N3O4S/c1-2-3-4-5-16-27-17-28-21-19-8-6-9-20(18(19)10-12-23-21)29(25,26)24-14-7-11-22-13-15-24/h6,8-10,12,22H,2-5,7,11,13-17H2,1H3. The first-order chi connectivity index (χ1) is 14.1. The average molecular weight is 422 g/mol. The minimum absolute atomic E-state index is 0.104. The highest BCUT2D eigenvalue weighted by molar-refractivity contribution is 7.89. The molecular formula is C21H31N3O4S. The highest BCUT2D eigenvalue weighted by atomic mass is 32.2. The van der Waals surface area contributed by atoms with Crippen LogP contribution in [0, 0.1) is 0 Å². The lowest BCUT2D eigenvalue weighted by Gasteiger charge is -2.21. The Morgan fingerprint density at radius 1 is 1.10 bits per heavy atom. The fourth-order valence-corrected chi connectivity index (χ4v) is 5.16. The number of rotatable bonds is 10. The summed E-state index contributed by atoms with van der Waals surface area (Å²) in [5.41, 5.74) is 0. The highest BCUT2D eigenvalue weighted by Crippen LogP contribution is 2.30. The zero-order valence-electron chi connectivity index (χ0n) is 17.1. The summed E-state index contributed by atoms with van der Waals surface area (Å²) >= 11 is 0. The van der Waals surface area contributed by atoms with Gasteiger partial charge in [-0.3, -0.25) is 0 Å². The van der Waals surface area contributed by atoms with Crippen molar-refractivity contribution in [3.05, 3.63) is 30.5 Å². The molecule has 3 rings (SSSR count). The molecule has 0 unspecified atom stereocenters. The van der Waals surface area contributed by atoms with Crippen LogP contribution in [0.3, 0.4) is 0 Å². The number of nitrogens with zero attached hydrogens (tertiary/aromatic N) is 2. The molecule has 1 aromatic heterocycles. The van der Waals surface area contributed by atoms with Crippen molar-refractivity contribution < 1.29 is 17.9 Å². The van der Waals surface area contributed by atoms with Crippen LogP contribution in [0.2, 0.25) is 0 Å². The summed E-state index contributed by atoms with van der Waals surface area (Å²) in [6.07, 6.45) is 6.94. The maximum absolute atomic E-state index is 13.3. The number of pyridine rings is 1. The van der Waals surface area contributed by atoms with E-state index in [-0.39, 0.29) is 6.79 Å². The minimum atomic E-state index is -3.59. The van der Waals surface area contributed by atoms with Crippen molar-refractivity contribution in [3.8, 4) is 5.88 Å². The van der Waals surface area contributed by atoms with E-state index in [0.29, 0.717) is 47.8 Å². The van der Waals surface area contributed by atoms with Gasteiger partial charge in [0.05, 0.1) is 11.5 Å². The van der Waals surface area contributed by atoms with Gasteiger partial charge in [0.25, 0.3) is 0 Å². The molecule has 1 aromatic carbocycles. The summed E-state index contributed by atoms with van der Waals surface area (Å²) < 4.78 is 39.3. The van der Waals surface area contributed by atoms with Gasteiger partial charge in [-0.1, -0.05) is 32.3 Å². The summed E-state index contributed by atoms with van der Waals surface area (Å²) in [6, 6.07) is 6.97. The van der Waals surface area contributed by atoms with Crippen molar-refractivity contribution in [1.82, 2.24) is 14.6 Å². The molecular weight excluding hydrogens is 390 g/mol. The lowest BCUT2D eigenvalue weighted by molar-refractivity contribution is 0.0119. The summed E-state index contributed by atoms with van der Waals surface area (Å²) in [6.45, 7) is 5.41. The first-order valence-electron chi connectivity index (χ1n) is 10.4. The van der Waals surface area contributed by atoms with Gasteiger partial charge in [0.2, 0.25) is 15.9 Å². The van der Waals surface area contributed by atoms with Gasteiger partial charge < -0.3 is 14.8 Å². The molecule has 29 heavy (non-hydrogen) atoms. The molecule has 8 heteroatoms. The van der Waals surface area contributed by atoms with Crippen molar-refractivity contribution in [2.45, 2.75) is 43.9 Å². The quantitative estimate of drug-likeness (QED) is 0.469. The number of unbranched alkanes of at least 4 members (excludes halogenated alkanes) is 3. The van der Waals surface area contributed by atoms with Crippen LogP contribution in [0.1, 0.15) is 39.0 Å². The molecule has 160 valence electrons. The number of ether oxygens (including phenoxy) is 2. The zero-order valence-corrected chi connectivity index (χ0v) is 17.9. The van der Waals surface area contributed by atoms with Crippen molar-refractivity contribution >= 4 is 20.8 Å². The maximum atomic E-state index is 13.3. The average Bonchev–Trinajstić information content (AvgIpc) is 3.03. The summed E-state index contributed by atoms with van der Waals surface area (Å²) in [7, 11) is -3.59. The van der Waals surface area contributed by atoms with Crippen LogP contribution >= 0.6 is 0 Å². The Bertz CT molecular complexity index is 881. The number of nitrogens with one attached hydrogen (secondary N) is 1. The van der Waals surface area contributed by atoms with E-state index in [9.17, 15) is 8.42 Å². The summed E-state index contributed by atoms with van der Waals surface area (Å²) in [5.74, 6) is 0.394. The second kappa shape index (κ2) is 10.9. The van der Waals surface area contributed by atoms with Gasteiger partial charge in [0.1, 0.15) is 0 Å². The fraction of sp³-hybridized carbons (Fsp3) is 0.571. The van der Waals surface area contributed by atoms with E-state index in [1.165, 1.54) is 12.8 Å². The monoisotopic (exact) mass is 421 g/mol. The van der Waals surface area contributed by atoms with Gasteiger partial charge >= 0.3 is 0 Å². The van der Waals surface area contributed by atoms with Crippen LogP contribution in [0.5, 0.6) is 5.88 Å². The Labute approximate surface area is 173 Å². The van der Waals surface area contributed by atoms with Crippen LogP contribution in [0.25, 0.3) is 10.8 Å². The molecule has 2 heterocycles. The minimum Gasteiger partial charge on any atom is -0.450 e. The molecule has 1 N–H and O–H groups in total. The second-order valence-corrected chi connectivity index (χ2v) is 9.11. The van der Waals surface area contributed by atoms with E-state index in [0.717, 1.165) is 25.8 Å². The Balaban J connectivity index is 1.74. The number of fused-ring (bicyclic) bond motifs is 1. The third-order valence-electron chi connectivity index (χ3n) is 5.07. The molecule has 1 aliphatic heterocycles. The number of benzene rings is 1. The topological polar surface area (TPSA) is 80.8 Å². The summed E-state index contributed by atoms with van der Waals surface area (Å²) in [4.78, 5) is 4.58. The second-order valence-electron chi connectivity index (χ2n) is 7.21. The van der Waals surface area contributed by atoms with E-state index in [4.69, 9.17) is 9.47 Å².